The number of carbonyl (C=O) groups is 1. The zero-order valence-electron chi connectivity index (χ0n) is 10.1. The fourth-order valence-corrected chi connectivity index (χ4v) is 1.79. The molecule has 0 amide bonds. The first-order valence-electron chi connectivity index (χ1n) is 5.62. The Morgan fingerprint density at radius 2 is 2.11 bits per heavy atom. The molecule has 0 saturated carbocycles. The van der Waals surface area contributed by atoms with Crippen molar-refractivity contribution in [3.05, 3.63) is 65.8 Å². The van der Waals surface area contributed by atoms with Crippen LogP contribution < -0.4 is 4.74 Å². The largest absolute Gasteiger partial charge is 0.480 e. The van der Waals surface area contributed by atoms with Crippen molar-refractivity contribution in [3.8, 4) is 5.75 Å². The van der Waals surface area contributed by atoms with Crippen molar-refractivity contribution in [3.63, 3.8) is 0 Å². The van der Waals surface area contributed by atoms with Crippen LogP contribution >= 0.6 is 0 Å². The molecule has 18 heavy (non-hydrogen) atoms. The summed E-state index contributed by atoms with van der Waals surface area (Å²) in [5.74, 6) is -0.315. The van der Waals surface area contributed by atoms with E-state index in [2.05, 4.69) is 6.58 Å². The van der Waals surface area contributed by atoms with E-state index in [0.29, 0.717) is 11.3 Å². The fourth-order valence-electron chi connectivity index (χ4n) is 1.79. The van der Waals surface area contributed by atoms with Gasteiger partial charge in [0.05, 0.1) is 5.57 Å². The Labute approximate surface area is 106 Å². The van der Waals surface area contributed by atoms with Gasteiger partial charge in [0, 0.05) is 0 Å². The highest BCUT2D eigenvalue weighted by molar-refractivity contribution is 5.90. The minimum Gasteiger partial charge on any atom is -0.480 e. The number of hydrogen-bond donors (Lipinski definition) is 1. The van der Waals surface area contributed by atoms with Crippen molar-refractivity contribution in [2.24, 2.45) is 0 Å². The summed E-state index contributed by atoms with van der Waals surface area (Å²) in [5, 5.41) is 9.15. The molecule has 2 rings (SSSR count). The molecule has 0 spiro atoms. The van der Waals surface area contributed by atoms with E-state index in [4.69, 9.17) is 9.84 Å². The minimum absolute atomic E-state index is 0.200. The van der Waals surface area contributed by atoms with Crippen molar-refractivity contribution in [1.82, 2.24) is 0 Å². The van der Waals surface area contributed by atoms with Crippen LogP contribution in [0.2, 0.25) is 0 Å². The zero-order chi connectivity index (χ0) is 13.1. The Balaban J connectivity index is 2.30. The van der Waals surface area contributed by atoms with Gasteiger partial charge in [0.25, 0.3) is 0 Å². The van der Waals surface area contributed by atoms with Gasteiger partial charge >= 0.3 is 5.97 Å². The summed E-state index contributed by atoms with van der Waals surface area (Å²) < 4.78 is 5.77. The Hall–Kier alpha value is -2.29. The van der Waals surface area contributed by atoms with E-state index in [-0.39, 0.29) is 5.57 Å². The normalized spacial score (nSPS) is 18.4. The number of para-hydroxylation sites is 1. The third-order valence-electron chi connectivity index (χ3n) is 2.79. The molecule has 0 bridgehead atoms. The Kier molecular flexibility index (Phi) is 3.33. The van der Waals surface area contributed by atoms with Crippen LogP contribution in [0.5, 0.6) is 5.75 Å². The van der Waals surface area contributed by atoms with Gasteiger partial charge in [-0.2, -0.15) is 0 Å². The molecule has 1 aromatic rings. The van der Waals surface area contributed by atoms with Crippen molar-refractivity contribution < 1.29 is 14.6 Å². The van der Waals surface area contributed by atoms with E-state index in [9.17, 15) is 4.79 Å². The number of hydrogen-bond acceptors (Lipinski definition) is 2. The molecule has 1 N–H and O–H groups in total. The first-order chi connectivity index (χ1) is 8.59. The molecule has 1 aromatic carbocycles. The van der Waals surface area contributed by atoms with Gasteiger partial charge in [0.1, 0.15) is 5.75 Å². The maximum Gasteiger partial charge on any atom is 0.335 e. The SMILES string of the molecule is C=C1C=CC=C(C(=O)O)C1Oc1ccccc1C. The van der Waals surface area contributed by atoms with Crippen LogP contribution in [-0.4, -0.2) is 17.2 Å². The molecular weight excluding hydrogens is 228 g/mol. The number of aryl methyl sites for hydroxylation is 1. The Morgan fingerprint density at radius 1 is 1.39 bits per heavy atom. The molecule has 0 saturated heterocycles. The van der Waals surface area contributed by atoms with Crippen LogP contribution in [0, 0.1) is 6.92 Å². The lowest BCUT2D eigenvalue weighted by Gasteiger charge is -2.23. The third-order valence-corrected chi connectivity index (χ3v) is 2.79. The molecule has 0 fully saturated rings. The highest BCUT2D eigenvalue weighted by Crippen LogP contribution is 2.26. The zero-order valence-corrected chi connectivity index (χ0v) is 10.1. The van der Waals surface area contributed by atoms with Crippen molar-refractivity contribution in [1.29, 1.82) is 0 Å². The van der Waals surface area contributed by atoms with Crippen LogP contribution in [0.25, 0.3) is 0 Å². The molecule has 0 aromatic heterocycles. The molecule has 0 aliphatic heterocycles. The molecule has 3 nitrogen and oxygen atoms in total. The summed E-state index contributed by atoms with van der Waals surface area (Å²) in [7, 11) is 0. The van der Waals surface area contributed by atoms with Gasteiger partial charge in [0.15, 0.2) is 6.10 Å². The Bertz CT molecular complexity index is 553. The van der Waals surface area contributed by atoms with E-state index in [1.165, 1.54) is 0 Å². The van der Waals surface area contributed by atoms with E-state index in [0.717, 1.165) is 5.56 Å². The number of rotatable bonds is 3. The minimum atomic E-state index is -0.987. The molecule has 1 atom stereocenters. The number of aliphatic carboxylic acids is 1. The second-order valence-corrected chi connectivity index (χ2v) is 4.12. The van der Waals surface area contributed by atoms with Crippen LogP contribution in [0.15, 0.2) is 60.2 Å². The van der Waals surface area contributed by atoms with Crippen molar-refractivity contribution in [2.45, 2.75) is 13.0 Å². The fraction of sp³-hybridized carbons (Fsp3) is 0.133. The van der Waals surface area contributed by atoms with Gasteiger partial charge in [-0.1, -0.05) is 36.9 Å². The highest BCUT2D eigenvalue weighted by Gasteiger charge is 2.26. The maximum absolute atomic E-state index is 11.2. The highest BCUT2D eigenvalue weighted by atomic mass is 16.5. The van der Waals surface area contributed by atoms with Crippen LogP contribution in [0.1, 0.15) is 5.56 Å². The lowest BCUT2D eigenvalue weighted by molar-refractivity contribution is -0.133. The first kappa shape index (κ1) is 12.2. The van der Waals surface area contributed by atoms with Gasteiger partial charge in [-0.15, -0.1) is 0 Å². The van der Waals surface area contributed by atoms with E-state index < -0.39 is 12.1 Å². The number of carboxylic acids is 1. The summed E-state index contributed by atoms with van der Waals surface area (Å²) >= 11 is 0. The molecule has 1 aliphatic rings. The molecule has 1 unspecified atom stereocenters. The van der Waals surface area contributed by atoms with Gasteiger partial charge in [-0.3, -0.25) is 0 Å². The monoisotopic (exact) mass is 242 g/mol. The lowest BCUT2D eigenvalue weighted by Crippen LogP contribution is -2.27. The van der Waals surface area contributed by atoms with Gasteiger partial charge in [0.2, 0.25) is 0 Å². The molecule has 1 aliphatic carbocycles. The second-order valence-electron chi connectivity index (χ2n) is 4.12. The maximum atomic E-state index is 11.2. The number of benzene rings is 1. The second kappa shape index (κ2) is 4.92. The summed E-state index contributed by atoms with van der Waals surface area (Å²) in [6.45, 7) is 5.76. The molecule has 0 heterocycles. The van der Waals surface area contributed by atoms with Crippen LogP contribution in [0.3, 0.4) is 0 Å². The number of carboxylic acid groups (broad SMARTS) is 1. The number of ether oxygens (including phenoxy) is 1. The first-order valence-corrected chi connectivity index (χ1v) is 5.62. The van der Waals surface area contributed by atoms with E-state index in [1.807, 2.05) is 31.2 Å². The van der Waals surface area contributed by atoms with Crippen molar-refractivity contribution in [2.75, 3.05) is 0 Å². The number of allylic oxidation sites excluding steroid dienone is 2. The lowest BCUT2D eigenvalue weighted by atomic mass is 9.97. The van der Waals surface area contributed by atoms with Gasteiger partial charge in [-0.25, -0.2) is 4.79 Å². The molecule has 0 radical (unpaired) electrons. The van der Waals surface area contributed by atoms with Crippen molar-refractivity contribution >= 4 is 5.97 Å². The van der Waals surface area contributed by atoms with E-state index in [1.54, 1.807) is 18.2 Å². The van der Waals surface area contributed by atoms with Gasteiger partial charge < -0.3 is 9.84 Å². The van der Waals surface area contributed by atoms with Crippen LogP contribution in [0.4, 0.5) is 0 Å². The topological polar surface area (TPSA) is 46.5 Å². The quantitative estimate of drug-likeness (QED) is 0.886. The molecular formula is C15H14O3. The third kappa shape index (κ3) is 2.35. The predicted molar refractivity (Wildman–Crippen MR) is 69.6 cm³/mol. The summed E-state index contributed by atoms with van der Waals surface area (Å²) in [6, 6.07) is 7.50. The average Bonchev–Trinajstić information content (AvgIpc) is 2.34. The smallest absolute Gasteiger partial charge is 0.335 e. The Morgan fingerprint density at radius 3 is 2.78 bits per heavy atom. The predicted octanol–water partition coefficient (Wildman–Crippen LogP) is 2.88. The summed E-state index contributed by atoms with van der Waals surface area (Å²) in [4.78, 5) is 11.2. The van der Waals surface area contributed by atoms with Crippen LogP contribution in [-0.2, 0) is 4.79 Å². The summed E-state index contributed by atoms with van der Waals surface area (Å²) in [5.41, 5.74) is 1.80. The van der Waals surface area contributed by atoms with E-state index >= 15 is 0 Å². The van der Waals surface area contributed by atoms with Gasteiger partial charge in [-0.05, 0) is 30.2 Å². The average molecular weight is 242 g/mol. The standard InChI is InChI=1S/C15H14O3/c1-10-6-3-4-9-13(10)18-14-11(2)7-5-8-12(14)15(16)17/h3-9,14H,2H2,1H3,(H,16,17). The summed E-state index contributed by atoms with van der Waals surface area (Å²) in [6.07, 6.45) is 4.34. The molecule has 3 heteroatoms. The molecule has 92 valence electrons.